The van der Waals surface area contributed by atoms with E-state index in [0.29, 0.717) is 36.8 Å². The first kappa shape index (κ1) is 22.4. The van der Waals surface area contributed by atoms with Crippen molar-refractivity contribution < 1.29 is 19.1 Å². The molecule has 2 fully saturated rings. The molecule has 0 atom stereocenters. The predicted molar refractivity (Wildman–Crippen MR) is 121 cm³/mol. The third kappa shape index (κ3) is 5.71. The summed E-state index contributed by atoms with van der Waals surface area (Å²) in [5.41, 5.74) is 7.48. The Bertz CT molecular complexity index is 1050. The molecule has 2 aromatic rings. The molecule has 1 amide bonds. The molecule has 0 bridgehead atoms. The van der Waals surface area contributed by atoms with Gasteiger partial charge in [-0.25, -0.2) is 24.1 Å². The lowest BCUT2D eigenvalue weighted by atomic mass is 10.0. The molecule has 2 aliphatic rings. The van der Waals surface area contributed by atoms with Crippen LogP contribution in [0.15, 0.2) is 40.7 Å². The lowest BCUT2D eigenvalue weighted by Crippen LogP contribution is -2.48. The minimum absolute atomic E-state index is 0.110. The van der Waals surface area contributed by atoms with Gasteiger partial charge in [0.1, 0.15) is 12.4 Å². The summed E-state index contributed by atoms with van der Waals surface area (Å²) in [5.74, 6) is -0.264. The van der Waals surface area contributed by atoms with Crippen LogP contribution in [-0.4, -0.2) is 77.1 Å². The monoisotopic (exact) mass is 456 g/mol. The van der Waals surface area contributed by atoms with Gasteiger partial charge in [0, 0.05) is 35.6 Å². The number of amides is 1. The third-order valence-electron chi connectivity index (χ3n) is 5.35. The largest absolute Gasteiger partial charge is 0.465 e. The van der Waals surface area contributed by atoms with Gasteiger partial charge in [0.05, 0.1) is 25.3 Å². The maximum atomic E-state index is 14.9. The fourth-order valence-corrected chi connectivity index (χ4v) is 3.37. The van der Waals surface area contributed by atoms with E-state index in [2.05, 4.69) is 25.0 Å². The van der Waals surface area contributed by atoms with Crippen LogP contribution in [0.5, 0.6) is 0 Å². The second kappa shape index (κ2) is 10.2. The number of hydrogen-bond donors (Lipinski definition) is 3. The molecular weight excluding hydrogens is 431 g/mol. The number of benzene rings is 1. The zero-order chi connectivity index (χ0) is 23.2. The van der Waals surface area contributed by atoms with Crippen molar-refractivity contribution in [1.82, 2.24) is 20.2 Å². The number of carbonyl (C=O) groups is 1. The smallest absolute Gasteiger partial charge is 0.411 e. The van der Waals surface area contributed by atoms with E-state index in [1.807, 2.05) is 10.2 Å². The third-order valence-corrected chi connectivity index (χ3v) is 5.35. The van der Waals surface area contributed by atoms with Gasteiger partial charge < -0.3 is 20.6 Å². The Kier molecular flexibility index (Phi) is 6.93. The number of hydrogen-bond acceptors (Lipinski definition) is 8. The van der Waals surface area contributed by atoms with Gasteiger partial charge in [-0.15, -0.1) is 0 Å². The van der Waals surface area contributed by atoms with Gasteiger partial charge in [-0.1, -0.05) is 23.4 Å². The molecule has 11 nitrogen and oxygen atoms in total. The molecule has 0 saturated carbocycles. The molecule has 174 valence electrons. The number of aliphatic imine (C=N–C) groups is 1. The minimum Gasteiger partial charge on any atom is -0.465 e. The summed E-state index contributed by atoms with van der Waals surface area (Å²) in [5, 5.41) is 14.7. The number of oxime groups is 1. The molecular formula is C21H25FN8O3. The molecule has 1 aromatic heterocycles. The molecule has 0 aliphatic carbocycles. The molecule has 4 rings (SSSR count). The van der Waals surface area contributed by atoms with Crippen molar-refractivity contribution in [3.05, 3.63) is 42.0 Å². The van der Waals surface area contributed by atoms with E-state index in [9.17, 15) is 9.18 Å². The van der Waals surface area contributed by atoms with Crippen molar-refractivity contribution in [2.75, 3.05) is 44.2 Å². The highest BCUT2D eigenvalue weighted by Crippen LogP contribution is 2.25. The molecule has 2 aliphatic heterocycles. The van der Waals surface area contributed by atoms with E-state index >= 15 is 0 Å². The van der Waals surface area contributed by atoms with Crippen LogP contribution in [0.1, 0.15) is 12.0 Å². The second-order valence-corrected chi connectivity index (χ2v) is 7.72. The van der Waals surface area contributed by atoms with Crippen molar-refractivity contribution in [2.45, 2.75) is 13.0 Å². The molecule has 12 heteroatoms. The average molecular weight is 456 g/mol. The zero-order valence-electron chi connectivity index (χ0n) is 17.9. The standard InChI is InChI=1S/C21H25FN8O3/c22-18-14(9-24-19(23)27-21(31)32)3-1-4-17(18)15-10-25-20(26-11-15)30-12-16(13-30)28-33-8-7-29-5-2-6-29/h1,3-4,10-11H,2,5-9,12-13H2,(H,31,32)(H3,23,24,27). The number of guanidine groups is 1. The number of carboxylic acid groups (broad SMARTS) is 1. The highest BCUT2D eigenvalue weighted by Gasteiger charge is 2.25. The quantitative estimate of drug-likeness (QED) is 0.233. The lowest BCUT2D eigenvalue weighted by molar-refractivity contribution is 0.0846. The van der Waals surface area contributed by atoms with E-state index < -0.39 is 11.9 Å². The van der Waals surface area contributed by atoms with Crippen LogP contribution < -0.4 is 16.0 Å². The van der Waals surface area contributed by atoms with Gasteiger partial charge in [-0.3, -0.25) is 10.2 Å². The second-order valence-electron chi connectivity index (χ2n) is 7.72. The summed E-state index contributed by atoms with van der Waals surface area (Å²) in [7, 11) is 0. The lowest BCUT2D eigenvalue weighted by Gasteiger charge is -2.32. The number of aromatic nitrogens is 2. The van der Waals surface area contributed by atoms with Crippen molar-refractivity contribution in [3.8, 4) is 11.1 Å². The SMILES string of the molecule is NC(=NCc1cccc(-c2cnc(N3CC(=NOCCN4CCC4)C3)nc2)c1F)NC(=O)O. The Hall–Kier alpha value is -3.80. The Morgan fingerprint density at radius 3 is 2.70 bits per heavy atom. The van der Waals surface area contributed by atoms with E-state index in [-0.39, 0.29) is 18.1 Å². The van der Waals surface area contributed by atoms with Crippen molar-refractivity contribution in [1.29, 1.82) is 0 Å². The molecule has 0 radical (unpaired) electrons. The number of likely N-dealkylation sites (tertiary alicyclic amines) is 1. The molecule has 2 saturated heterocycles. The van der Waals surface area contributed by atoms with Gasteiger partial charge >= 0.3 is 6.09 Å². The summed E-state index contributed by atoms with van der Waals surface area (Å²) >= 11 is 0. The zero-order valence-corrected chi connectivity index (χ0v) is 17.9. The van der Waals surface area contributed by atoms with Gasteiger partial charge in [0.25, 0.3) is 0 Å². The molecule has 0 spiro atoms. The first-order chi connectivity index (χ1) is 16.0. The summed E-state index contributed by atoms with van der Waals surface area (Å²) in [6.07, 6.45) is 3.05. The average Bonchev–Trinajstić information content (AvgIpc) is 2.72. The highest BCUT2D eigenvalue weighted by molar-refractivity contribution is 5.98. The van der Waals surface area contributed by atoms with Crippen LogP contribution in [0, 0.1) is 5.82 Å². The van der Waals surface area contributed by atoms with Gasteiger partial charge in [-0.2, -0.15) is 0 Å². The number of rotatable bonds is 8. The Balaban J connectivity index is 1.32. The van der Waals surface area contributed by atoms with Gasteiger partial charge in [0.15, 0.2) is 5.96 Å². The van der Waals surface area contributed by atoms with Crippen molar-refractivity contribution in [3.63, 3.8) is 0 Å². The highest BCUT2D eigenvalue weighted by atomic mass is 19.1. The maximum Gasteiger partial charge on any atom is 0.411 e. The van der Waals surface area contributed by atoms with E-state index in [0.717, 1.165) is 25.3 Å². The van der Waals surface area contributed by atoms with E-state index in [1.54, 1.807) is 30.6 Å². The van der Waals surface area contributed by atoms with E-state index in [4.69, 9.17) is 15.7 Å². The maximum absolute atomic E-state index is 14.9. The first-order valence-corrected chi connectivity index (χ1v) is 10.5. The van der Waals surface area contributed by atoms with Crippen LogP contribution in [-0.2, 0) is 11.4 Å². The van der Waals surface area contributed by atoms with Crippen molar-refractivity contribution >= 4 is 23.7 Å². The van der Waals surface area contributed by atoms with Crippen LogP contribution in [0.4, 0.5) is 15.1 Å². The topological polar surface area (TPSA) is 142 Å². The Labute approximate surface area is 189 Å². The summed E-state index contributed by atoms with van der Waals surface area (Å²) in [4.78, 5) is 32.7. The van der Waals surface area contributed by atoms with Gasteiger partial charge in [0.2, 0.25) is 5.95 Å². The van der Waals surface area contributed by atoms with Crippen LogP contribution in [0.3, 0.4) is 0 Å². The fourth-order valence-electron chi connectivity index (χ4n) is 3.37. The first-order valence-electron chi connectivity index (χ1n) is 10.5. The number of nitrogens with one attached hydrogen (secondary N) is 1. The molecule has 4 N–H and O–H groups in total. The van der Waals surface area contributed by atoms with Gasteiger partial charge in [-0.05, 0) is 19.5 Å². The molecule has 3 heterocycles. The fraction of sp³-hybridized carbons (Fsp3) is 0.381. The van der Waals surface area contributed by atoms with Crippen molar-refractivity contribution in [2.24, 2.45) is 15.9 Å². The normalized spacial score (nSPS) is 16.1. The summed E-state index contributed by atoms with van der Waals surface area (Å²) < 4.78 is 14.9. The number of nitrogens with zero attached hydrogens (tertiary/aromatic N) is 6. The summed E-state index contributed by atoms with van der Waals surface area (Å²) in [6.45, 7) is 4.85. The van der Waals surface area contributed by atoms with Crippen LogP contribution in [0.25, 0.3) is 11.1 Å². The van der Waals surface area contributed by atoms with E-state index in [1.165, 1.54) is 6.42 Å². The molecule has 0 unspecified atom stereocenters. The number of anilines is 1. The van der Waals surface area contributed by atoms with Crippen LogP contribution in [0.2, 0.25) is 0 Å². The van der Waals surface area contributed by atoms with Crippen LogP contribution >= 0.6 is 0 Å². The predicted octanol–water partition coefficient (Wildman–Crippen LogP) is 1.26. The molecule has 33 heavy (non-hydrogen) atoms. The number of nitrogens with two attached hydrogens (primary N) is 1. The minimum atomic E-state index is -1.34. The molecule has 1 aromatic carbocycles. The summed E-state index contributed by atoms with van der Waals surface area (Å²) in [6, 6.07) is 4.85. The Morgan fingerprint density at radius 2 is 2.03 bits per heavy atom. The Morgan fingerprint density at radius 1 is 1.27 bits per heavy atom. The number of halogens is 1.